The molecule has 2 aromatic rings. The zero-order valence-corrected chi connectivity index (χ0v) is 12.1. The molecule has 0 spiro atoms. The largest absolute Gasteiger partial charge is 0.345 e. The van der Waals surface area contributed by atoms with Gasteiger partial charge in [-0.3, -0.25) is 9.59 Å². The molecule has 0 unspecified atom stereocenters. The van der Waals surface area contributed by atoms with Crippen LogP contribution in [0.1, 0.15) is 20.7 Å². The summed E-state index contributed by atoms with van der Waals surface area (Å²) in [7, 11) is 3.27. The molecule has 2 aromatic carbocycles. The quantitative estimate of drug-likeness (QED) is 0.948. The highest BCUT2D eigenvalue weighted by Crippen LogP contribution is 2.14. The van der Waals surface area contributed by atoms with Crippen molar-refractivity contribution in [3.05, 3.63) is 65.2 Å². The fourth-order valence-electron chi connectivity index (χ4n) is 1.84. The van der Waals surface area contributed by atoms with Gasteiger partial charge < -0.3 is 10.2 Å². The molecule has 22 heavy (non-hydrogen) atoms. The minimum absolute atomic E-state index is 0.119. The lowest BCUT2D eigenvalue weighted by Crippen LogP contribution is -2.21. The van der Waals surface area contributed by atoms with E-state index in [0.29, 0.717) is 17.3 Å². The van der Waals surface area contributed by atoms with Crippen LogP contribution in [0.3, 0.4) is 0 Å². The van der Waals surface area contributed by atoms with Crippen LogP contribution >= 0.6 is 0 Å². The predicted molar refractivity (Wildman–Crippen MR) is 78.8 cm³/mol. The summed E-state index contributed by atoms with van der Waals surface area (Å²) in [5.41, 5.74) is 0.774. The Kier molecular flexibility index (Phi) is 4.50. The number of halogens is 2. The Morgan fingerprint density at radius 1 is 0.909 bits per heavy atom. The molecule has 0 atom stereocenters. The number of carbonyl (C=O) groups is 2. The Morgan fingerprint density at radius 3 is 1.95 bits per heavy atom. The van der Waals surface area contributed by atoms with Gasteiger partial charge in [-0.1, -0.05) is 0 Å². The summed E-state index contributed by atoms with van der Waals surface area (Å²) in [6.07, 6.45) is 0. The Bertz CT molecular complexity index is 692. The first-order valence-electron chi connectivity index (χ1n) is 6.46. The summed E-state index contributed by atoms with van der Waals surface area (Å²) in [4.78, 5) is 25.1. The molecular weight excluding hydrogens is 290 g/mol. The number of anilines is 1. The minimum atomic E-state index is -0.822. The SMILES string of the molecule is CN(C)C(=O)c1ccc(NC(=O)c2cc(F)cc(F)c2)cc1. The van der Waals surface area contributed by atoms with Crippen molar-refractivity contribution < 1.29 is 18.4 Å². The van der Waals surface area contributed by atoms with Crippen LogP contribution in [-0.2, 0) is 0 Å². The van der Waals surface area contributed by atoms with Crippen molar-refractivity contribution in [1.82, 2.24) is 4.90 Å². The molecule has 0 radical (unpaired) electrons. The minimum Gasteiger partial charge on any atom is -0.345 e. The Labute approximate surface area is 126 Å². The van der Waals surface area contributed by atoms with Crippen molar-refractivity contribution in [2.75, 3.05) is 19.4 Å². The van der Waals surface area contributed by atoms with Gasteiger partial charge in [0.15, 0.2) is 0 Å². The zero-order valence-electron chi connectivity index (χ0n) is 12.1. The van der Waals surface area contributed by atoms with Gasteiger partial charge in [-0.2, -0.15) is 0 Å². The number of benzene rings is 2. The highest BCUT2D eigenvalue weighted by molar-refractivity contribution is 6.04. The molecule has 6 heteroatoms. The van der Waals surface area contributed by atoms with Crippen molar-refractivity contribution in [3.8, 4) is 0 Å². The Morgan fingerprint density at radius 2 is 1.45 bits per heavy atom. The maximum absolute atomic E-state index is 13.1. The number of carbonyl (C=O) groups excluding carboxylic acids is 2. The van der Waals surface area contributed by atoms with E-state index in [4.69, 9.17) is 0 Å². The summed E-state index contributed by atoms with van der Waals surface area (Å²) >= 11 is 0. The molecule has 0 heterocycles. The first kappa shape index (κ1) is 15.6. The van der Waals surface area contributed by atoms with Crippen molar-refractivity contribution in [2.24, 2.45) is 0 Å². The fraction of sp³-hybridized carbons (Fsp3) is 0.125. The van der Waals surface area contributed by atoms with Crippen LogP contribution in [0.4, 0.5) is 14.5 Å². The van der Waals surface area contributed by atoms with Crippen LogP contribution in [0.15, 0.2) is 42.5 Å². The average molecular weight is 304 g/mol. The number of amides is 2. The van der Waals surface area contributed by atoms with E-state index in [9.17, 15) is 18.4 Å². The maximum Gasteiger partial charge on any atom is 0.255 e. The lowest BCUT2D eigenvalue weighted by atomic mass is 10.1. The van der Waals surface area contributed by atoms with Gasteiger partial charge in [0, 0.05) is 37.0 Å². The van der Waals surface area contributed by atoms with E-state index in [0.717, 1.165) is 12.1 Å². The summed E-state index contributed by atoms with van der Waals surface area (Å²) in [5, 5.41) is 2.51. The second kappa shape index (κ2) is 6.34. The molecule has 4 nitrogen and oxygen atoms in total. The normalized spacial score (nSPS) is 10.2. The van der Waals surface area contributed by atoms with Gasteiger partial charge in [-0.25, -0.2) is 8.78 Å². The Balaban J connectivity index is 2.13. The van der Waals surface area contributed by atoms with Crippen molar-refractivity contribution in [3.63, 3.8) is 0 Å². The lowest BCUT2D eigenvalue weighted by Gasteiger charge is -2.11. The third kappa shape index (κ3) is 3.66. The molecule has 0 aromatic heterocycles. The average Bonchev–Trinajstić information content (AvgIpc) is 2.46. The molecule has 0 aliphatic rings. The molecule has 0 saturated carbocycles. The molecule has 0 aliphatic heterocycles. The summed E-state index contributed by atoms with van der Waals surface area (Å²) in [6, 6.07) is 8.80. The predicted octanol–water partition coefficient (Wildman–Crippen LogP) is 2.92. The van der Waals surface area contributed by atoms with Crippen LogP contribution in [0.5, 0.6) is 0 Å². The molecule has 0 aliphatic carbocycles. The first-order valence-corrected chi connectivity index (χ1v) is 6.46. The molecular formula is C16H14F2N2O2. The van der Waals surface area contributed by atoms with Gasteiger partial charge in [0.2, 0.25) is 0 Å². The third-order valence-corrected chi connectivity index (χ3v) is 2.92. The number of hydrogen-bond acceptors (Lipinski definition) is 2. The number of hydrogen-bond donors (Lipinski definition) is 1. The molecule has 2 rings (SSSR count). The number of rotatable bonds is 3. The van der Waals surface area contributed by atoms with Gasteiger partial charge >= 0.3 is 0 Å². The summed E-state index contributed by atoms with van der Waals surface area (Å²) in [5.74, 6) is -2.44. The van der Waals surface area contributed by atoms with E-state index < -0.39 is 17.5 Å². The van der Waals surface area contributed by atoms with Gasteiger partial charge in [-0.15, -0.1) is 0 Å². The highest BCUT2D eigenvalue weighted by Gasteiger charge is 2.11. The van der Waals surface area contributed by atoms with Crippen molar-refractivity contribution in [1.29, 1.82) is 0 Å². The van der Waals surface area contributed by atoms with E-state index in [1.165, 1.54) is 4.90 Å². The third-order valence-electron chi connectivity index (χ3n) is 2.92. The lowest BCUT2D eigenvalue weighted by molar-refractivity contribution is 0.0827. The molecule has 0 saturated heterocycles. The van der Waals surface area contributed by atoms with E-state index in [-0.39, 0.29) is 11.5 Å². The van der Waals surface area contributed by atoms with Crippen molar-refractivity contribution in [2.45, 2.75) is 0 Å². The van der Waals surface area contributed by atoms with E-state index in [1.54, 1.807) is 38.4 Å². The zero-order chi connectivity index (χ0) is 16.3. The molecule has 0 bridgehead atoms. The molecule has 2 amide bonds. The van der Waals surface area contributed by atoms with Crippen LogP contribution in [0, 0.1) is 11.6 Å². The van der Waals surface area contributed by atoms with E-state index >= 15 is 0 Å². The fourth-order valence-corrected chi connectivity index (χ4v) is 1.84. The number of nitrogens with one attached hydrogen (secondary N) is 1. The molecule has 1 N–H and O–H groups in total. The topological polar surface area (TPSA) is 49.4 Å². The van der Waals surface area contributed by atoms with Gasteiger partial charge in [-0.05, 0) is 36.4 Å². The van der Waals surface area contributed by atoms with Crippen LogP contribution in [0.25, 0.3) is 0 Å². The number of nitrogens with zero attached hydrogens (tertiary/aromatic N) is 1. The van der Waals surface area contributed by atoms with Crippen LogP contribution < -0.4 is 5.32 Å². The smallest absolute Gasteiger partial charge is 0.255 e. The standard InChI is InChI=1S/C16H14F2N2O2/c1-20(2)16(22)10-3-5-14(6-4-10)19-15(21)11-7-12(17)9-13(18)8-11/h3-9H,1-2H3,(H,19,21). The molecule has 114 valence electrons. The second-order valence-electron chi connectivity index (χ2n) is 4.89. The molecule has 0 fully saturated rings. The first-order chi connectivity index (χ1) is 10.4. The van der Waals surface area contributed by atoms with E-state index in [2.05, 4.69) is 5.32 Å². The van der Waals surface area contributed by atoms with Gasteiger partial charge in [0.25, 0.3) is 11.8 Å². The summed E-state index contributed by atoms with van der Waals surface area (Å²) in [6.45, 7) is 0. The van der Waals surface area contributed by atoms with Crippen LogP contribution in [0.2, 0.25) is 0 Å². The van der Waals surface area contributed by atoms with Gasteiger partial charge in [0.1, 0.15) is 11.6 Å². The highest BCUT2D eigenvalue weighted by atomic mass is 19.1. The van der Waals surface area contributed by atoms with E-state index in [1.807, 2.05) is 0 Å². The van der Waals surface area contributed by atoms with Crippen LogP contribution in [-0.4, -0.2) is 30.8 Å². The van der Waals surface area contributed by atoms with Gasteiger partial charge in [0.05, 0.1) is 0 Å². The van der Waals surface area contributed by atoms with Crippen molar-refractivity contribution >= 4 is 17.5 Å². The second-order valence-corrected chi connectivity index (χ2v) is 4.89. The maximum atomic E-state index is 13.1. The summed E-state index contributed by atoms with van der Waals surface area (Å²) < 4.78 is 26.2. The Hall–Kier alpha value is -2.76. The monoisotopic (exact) mass is 304 g/mol.